The average molecular weight is 219 g/mol. The SMILES string of the molecule is C[C@H](N)C(=O)C(=O)[C@@H](N)[C@H](O)[C@H](N)CO. The van der Waals surface area contributed by atoms with Gasteiger partial charge in [-0.15, -0.1) is 0 Å². The van der Waals surface area contributed by atoms with Crippen molar-refractivity contribution >= 4 is 11.6 Å². The first-order valence-corrected chi connectivity index (χ1v) is 4.46. The highest BCUT2D eigenvalue weighted by Gasteiger charge is 2.32. The summed E-state index contributed by atoms with van der Waals surface area (Å²) in [6.45, 7) is 0.805. The van der Waals surface area contributed by atoms with Gasteiger partial charge in [0.15, 0.2) is 0 Å². The standard InChI is InChI=1S/C8H17N3O4/c1-3(9)6(13)8(15)5(11)7(14)4(10)2-12/h3-5,7,12,14H,2,9-11H2,1H3/t3-,4+,5-,7+/m0/s1. The Balaban J connectivity index is 4.51. The van der Waals surface area contributed by atoms with Crippen molar-refractivity contribution in [1.29, 1.82) is 0 Å². The Morgan fingerprint density at radius 3 is 2.00 bits per heavy atom. The zero-order valence-corrected chi connectivity index (χ0v) is 8.46. The van der Waals surface area contributed by atoms with E-state index >= 15 is 0 Å². The van der Waals surface area contributed by atoms with Gasteiger partial charge in [-0.05, 0) is 6.92 Å². The Labute approximate surface area is 87.2 Å². The number of rotatable bonds is 6. The summed E-state index contributed by atoms with van der Waals surface area (Å²) in [7, 11) is 0. The highest BCUT2D eigenvalue weighted by Crippen LogP contribution is 1.99. The molecule has 0 fully saturated rings. The van der Waals surface area contributed by atoms with Gasteiger partial charge in [0.1, 0.15) is 0 Å². The number of hydrogen-bond acceptors (Lipinski definition) is 7. The molecule has 0 aromatic rings. The second-order valence-corrected chi connectivity index (χ2v) is 3.38. The fourth-order valence-corrected chi connectivity index (χ4v) is 0.918. The Morgan fingerprint density at radius 1 is 1.20 bits per heavy atom. The Morgan fingerprint density at radius 2 is 1.67 bits per heavy atom. The molecule has 7 heteroatoms. The lowest BCUT2D eigenvalue weighted by Crippen LogP contribution is -2.56. The Hall–Kier alpha value is -0.860. The molecular formula is C8H17N3O4. The van der Waals surface area contributed by atoms with Gasteiger partial charge in [-0.2, -0.15) is 0 Å². The molecule has 0 aliphatic carbocycles. The van der Waals surface area contributed by atoms with E-state index in [0.717, 1.165) is 0 Å². The summed E-state index contributed by atoms with van der Waals surface area (Å²) >= 11 is 0. The third-order valence-electron chi connectivity index (χ3n) is 1.98. The predicted octanol–water partition coefficient (Wildman–Crippen LogP) is -3.52. The van der Waals surface area contributed by atoms with Crippen LogP contribution in [0, 0.1) is 0 Å². The van der Waals surface area contributed by atoms with E-state index in [1.165, 1.54) is 6.92 Å². The van der Waals surface area contributed by atoms with Crippen LogP contribution in [0.1, 0.15) is 6.92 Å². The second kappa shape index (κ2) is 5.89. The van der Waals surface area contributed by atoms with Crippen LogP contribution in [0.5, 0.6) is 0 Å². The third-order valence-corrected chi connectivity index (χ3v) is 1.98. The number of hydrogen-bond donors (Lipinski definition) is 5. The van der Waals surface area contributed by atoms with E-state index in [-0.39, 0.29) is 0 Å². The summed E-state index contributed by atoms with van der Waals surface area (Å²) in [5.74, 6) is -1.85. The molecule has 0 unspecified atom stereocenters. The minimum Gasteiger partial charge on any atom is -0.395 e. The first kappa shape index (κ1) is 14.1. The van der Waals surface area contributed by atoms with Gasteiger partial charge in [0.2, 0.25) is 11.6 Å². The Bertz CT molecular complexity index is 244. The molecule has 0 saturated heterocycles. The quantitative estimate of drug-likeness (QED) is 0.290. The van der Waals surface area contributed by atoms with E-state index in [1.54, 1.807) is 0 Å². The number of aliphatic hydroxyl groups excluding tert-OH is 2. The lowest BCUT2D eigenvalue weighted by Gasteiger charge is -2.22. The third kappa shape index (κ3) is 3.65. The highest BCUT2D eigenvalue weighted by molar-refractivity contribution is 6.41. The summed E-state index contributed by atoms with van der Waals surface area (Å²) in [6.07, 6.45) is -1.47. The van der Waals surface area contributed by atoms with Crippen molar-refractivity contribution in [2.45, 2.75) is 31.2 Å². The Kier molecular flexibility index (Phi) is 5.55. The zero-order valence-electron chi connectivity index (χ0n) is 8.46. The molecule has 0 aliphatic rings. The second-order valence-electron chi connectivity index (χ2n) is 3.38. The molecule has 15 heavy (non-hydrogen) atoms. The van der Waals surface area contributed by atoms with E-state index in [9.17, 15) is 14.7 Å². The fraction of sp³-hybridized carbons (Fsp3) is 0.750. The van der Waals surface area contributed by atoms with Crippen molar-refractivity contribution in [3.63, 3.8) is 0 Å². The maximum atomic E-state index is 11.3. The molecule has 0 aromatic carbocycles. The van der Waals surface area contributed by atoms with E-state index in [4.69, 9.17) is 22.3 Å². The molecule has 4 atom stereocenters. The zero-order chi connectivity index (χ0) is 12.2. The number of aliphatic hydroxyl groups is 2. The number of nitrogens with two attached hydrogens (primary N) is 3. The smallest absolute Gasteiger partial charge is 0.219 e. The number of Topliss-reactive ketones (excluding diaryl/α,β-unsaturated/α-hetero) is 2. The summed E-state index contributed by atoms with van der Waals surface area (Å²) in [5, 5.41) is 18.0. The van der Waals surface area contributed by atoms with Crippen molar-refractivity contribution in [1.82, 2.24) is 0 Å². The van der Waals surface area contributed by atoms with E-state index in [0.29, 0.717) is 0 Å². The molecule has 0 saturated carbocycles. The van der Waals surface area contributed by atoms with Crippen LogP contribution in [0.15, 0.2) is 0 Å². The molecule has 0 bridgehead atoms. The largest absolute Gasteiger partial charge is 0.395 e. The van der Waals surface area contributed by atoms with Crippen molar-refractivity contribution in [2.24, 2.45) is 17.2 Å². The first-order chi connectivity index (χ1) is 6.82. The van der Waals surface area contributed by atoms with Gasteiger partial charge in [0.05, 0.1) is 30.8 Å². The van der Waals surface area contributed by atoms with E-state index < -0.39 is 42.4 Å². The summed E-state index contributed by atoms with van der Waals surface area (Å²) < 4.78 is 0. The lowest BCUT2D eigenvalue weighted by molar-refractivity contribution is -0.139. The minimum atomic E-state index is -1.47. The van der Waals surface area contributed by atoms with Crippen molar-refractivity contribution in [3.05, 3.63) is 0 Å². The van der Waals surface area contributed by atoms with Crippen molar-refractivity contribution in [2.75, 3.05) is 6.61 Å². The van der Waals surface area contributed by atoms with Crippen LogP contribution in [-0.4, -0.2) is 52.6 Å². The van der Waals surface area contributed by atoms with Gasteiger partial charge >= 0.3 is 0 Å². The molecule has 0 spiro atoms. The number of ketones is 2. The van der Waals surface area contributed by atoms with Crippen LogP contribution in [-0.2, 0) is 9.59 Å². The number of carbonyl (C=O) groups excluding carboxylic acids is 2. The van der Waals surface area contributed by atoms with E-state index in [2.05, 4.69) is 0 Å². The highest BCUT2D eigenvalue weighted by atomic mass is 16.3. The molecule has 0 aliphatic heterocycles. The van der Waals surface area contributed by atoms with Gasteiger partial charge in [0, 0.05) is 0 Å². The van der Waals surface area contributed by atoms with Gasteiger partial charge in [0.25, 0.3) is 0 Å². The van der Waals surface area contributed by atoms with E-state index in [1.807, 2.05) is 0 Å². The van der Waals surface area contributed by atoms with Crippen molar-refractivity contribution in [3.8, 4) is 0 Å². The summed E-state index contributed by atoms with van der Waals surface area (Å²) in [6, 6.07) is -3.49. The van der Waals surface area contributed by atoms with Gasteiger partial charge in [-0.1, -0.05) is 0 Å². The maximum absolute atomic E-state index is 11.3. The fourth-order valence-electron chi connectivity index (χ4n) is 0.918. The monoisotopic (exact) mass is 219 g/mol. The van der Waals surface area contributed by atoms with Crippen LogP contribution in [0.25, 0.3) is 0 Å². The van der Waals surface area contributed by atoms with Crippen LogP contribution in [0.3, 0.4) is 0 Å². The van der Waals surface area contributed by atoms with Crippen molar-refractivity contribution < 1.29 is 19.8 Å². The van der Waals surface area contributed by atoms with Gasteiger partial charge in [-0.25, -0.2) is 0 Å². The minimum absolute atomic E-state index is 0.533. The molecule has 0 rings (SSSR count). The first-order valence-electron chi connectivity index (χ1n) is 4.46. The molecule has 0 aromatic heterocycles. The average Bonchev–Trinajstić information content (AvgIpc) is 2.23. The predicted molar refractivity (Wildman–Crippen MR) is 52.7 cm³/mol. The topological polar surface area (TPSA) is 153 Å². The summed E-state index contributed by atoms with van der Waals surface area (Å²) in [4.78, 5) is 22.4. The normalized spacial score (nSPS) is 19.1. The molecule has 8 N–H and O–H groups in total. The molecule has 88 valence electrons. The van der Waals surface area contributed by atoms with Gasteiger partial charge in [-0.3, -0.25) is 9.59 Å². The molecule has 0 heterocycles. The molecule has 7 nitrogen and oxygen atoms in total. The van der Waals surface area contributed by atoms with Crippen LogP contribution < -0.4 is 17.2 Å². The summed E-state index contributed by atoms with van der Waals surface area (Å²) in [5.41, 5.74) is 15.8. The molecular weight excluding hydrogens is 202 g/mol. The molecule has 0 amide bonds. The van der Waals surface area contributed by atoms with Crippen LogP contribution in [0.4, 0.5) is 0 Å². The number of carbonyl (C=O) groups is 2. The molecule has 0 radical (unpaired) electrons. The van der Waals surface area contributed by atoms with Crippen LogP contribution >= 0.6 is 0 Å². The van der Waals surface area contributed by atoms with Gasteiger partial charge < -0.3 is 27.4 Å². The van der Waals surface area contributed by atoms with Crippen LogP contribution in [0.2, 0.25) is 0 Å². The lowest BCUT2D eigenvalue weighted by atomic mass is 9.97. The maximum Gasteiger partial charge on any atom is 0.219 e.